The Hall–Kier alpha value is -0.310. The maximum Gasteiger partial charge on any atom is 0.303 e. The Morgan fingerprint density at radius 2 is 2.20 bits per heavy atom. The third-order valence-electron chi connectivity index (χ3n) is 1.10. The molecule has 0 saturated heterocycles. The van der Waals surface area contributed by atoms with E-state index in [0.717, 1.165) is 19.3 Å². The highest BCUT2D eigenvalue weighted by Gasteiger charge is 1.93. The molecule has 2 nitrogen and oxygen atoms in total. The average molecular weight is 207 g/mol. The zero-order chi connectivity index (χ0) is 7.82. The molecule has 0 aromatic rings. The van der Waals surface area contributed by atoms with E-state index >= 15 is 0 Å². The van der Waals surface area contributed by atoms with E-state index in [9.17, 15) is 4.79 Å². The second-order valence-electron chi connectivity index (χ2n) is 2.00. The minimum absolute atomic E-state index is 0.288. The van der Waals surface area contributed by atoms with Crippen molar-refractivity contribution in [1.29, 1.82) is 0 Å². The molecule has 0 amide bonds. The number of aliphatic carboxylic acids is 1. The standard InChI is InChI=1S/C7H11BrO2/c8-6-4-2-1-3-5-7(9)10/h4,6H,1-3,5H2,(H,9,10)/b6-4+. The van der Waals surface area contributed by atoms with E-state index in [1.165, 1.54) is 0 Å². The van der Waals surface area contributed by atoms with Crippen molar-refractivity contribution < 1.29 is 9.90 Å². The summed E-state index contributed by atoms with van der Waals surface area (Å²) in [5.74, 6) is -0.706. The second-order valence-corrected chi connectivity index (χ2v) is 2.53. The van der Waals surface area contributed by atoms with Gasteiger partial charge in [-0.05, 0) is 24.2 Å². The summed E-state index contributed by atoms with van der Waals surface area (Å²) in [6.45, 7) is 0. The van der Waals surface area contributed by atoms with Crippen molar-refractivity contribution in [3.05, 3.63) is 11.1 Å². The number of carboxylic acid groups (broad SMARTS) is 1. The monoisotopic (exact) mass is 206 g/mol. The van der Waals surface area contributed by atoms with Crippen LogP contribution in [0, 0.1) is 0 Å². The lowest BCUT2D eigenvalue weighted by atomic mass is 10.2. The normalized spacial score (nSPS) is 10.5. The molecule has 0 aromatic carbocycles. The Morgan fingerprint density at radius 1 is 1.50 bits per heavy atom. The van der Waals surface area contributed by atoms with Crippen molar-refractivity contribution in [1.82, 2.24) is 0 Å². The second kappa shape index (κ2) is 6.81. The zero-order valence-electron chi connectivity index (χ0n) is 5.72. The Kier molecular flexibility index (Phi) is 6.59. The van der Waals surface area contributed by atoms with Crippen molar-refractivity contribution >= 4 is 21.9 Å². The van der Waals surface area contributed by atoms with Gasteiger partial charge in [0.1, 0.15) is 0 Å². The average Bonchev–Trinajstić information content (AvgIpc) is 1.87. The van der Waals surface area contributed by atoms with Gasteiger partial charge in [-0.1, -0.05) is 22.0 Å². The van der Waals surface area contributed by atoms with Crippen molar-refractivity contribution in [2.45, 2.75) is 25.7 Å². The van der Waals surface area contributed by atoms with Crippen LogP contribution in [0.25, 0.3) is 0 Å². The van der Waals surface area contributed by atoms with Crippen LogP contribution in [0.1, 0.15) is 25.7 Å². The summed E-state index contributed by atoms with van der Waals surface area (Å²) in [5, 5.41) is 8.24. The fourth-order valence-electron chi connectivity index (χ4n) is 0.601. The van der Waals surface area contributed by atoms with Gasteiger partial charge in [0, 0.05) is 6.42 Å². The minimum Gasteiger partial charge on any atom is -0.481 e. The fourth-order valence-corrected chi connectivity index (χ4v) is 0.866. The molecule has 0 spiro atoms. The quantitative estimate of drug-likeness (QED) is 0.703. The predicted molar refractivity (Wildman–Crippen MR) is 44.2 cm³/mol. The van der Waals surface area contributed by atoms with Crippen molar-refractivity contribution in [3.8, 4) is 0 Å². The van der Waals surface area contributed by atoms with Crippen LogP contribution < -0.4 is 0 Å². The number of hydrogen-bond donors (Lipinski definition) is 1. The minimum atomic E-state index is -0.706. The van der Waals surface area contributed by atoms with E-state index in [0.29, 0.717) is 0 Å². The van der Waals surface area contributed by atoms with E-state index in [4.69, 9.17) is 5.11 Å². The van der Waals surface area contributed by atoms with Crippen molar-refractivity contribution in [3.63, 3.8) is 0 Å². The molecule has 0 radical (unpaired) electrons. The highest BCUT2D eigenvalue weighted by atomic mass is 79.9. The first-order valence-corrected chi connectivity index (χ1v) is 4.16. The van der Waals surface area contributed by atoms with Crippen LogP contribution in [0.4, 0.5) is 0 Å². The Labute approximate surface area is 69.1 Å². The Bertz CT molecular complexity index is 121. The van der Waals surface area contributed by atoms with Gasteiger partial charge in [-0.15, -0.1) is 0 Å². The van der Waals surface area contributed by atoms with Gasteiger partial charge in [0.05, 0.1) is 0 Å². The van der Waals surface area contributed by atoms with Gasteiger partial charge in [-0.25, -0.2) is 0 Å². The molecule has 0 unspecified atom stereocenters. The lowest BCUT2D eigenvalue weighted by Gasteiger charge is -1.91. The molecule has 58 valence electrons. The molecule has 0 aliphatic carbocycles. The number of unbranched alkanes of at least 4 members (excludes halogenated alkanes) is 2. The lowest BCUT2D eigenvalue weighted by Crippen LogP contribution is -1.92. The Morgan fingerprint density at radius 3 is 2.70 bits per heavy atom. The molecule has 0 heterocycles. The molecule has 1 N–H and O–H groups in total. The predicted octanol–water partition coefficient (Wildman–Crippen LogP) is 2.54. The number of carboxylic acids is 1. The molecule has 0 atom stereocenters. The molecule has 0 aromatic heterocycles. The largest absolute Gasteiger partial charge is 0.481 e. The molecule has 0 aliphatic rings. The van der Waals surface area contributed by atoms with Gasteiger partial charge in [-0.3, -0.25) is 4.79 Å². The molecule has 3 heteroatoms. The van der Waals surface area contributed by atoms with Crippen LogP contribution >= 0.6 is 15.9 Å². The molecule has 0 saturated carbocycles. The molecule has 0 fully saturated rings. The summed E-state index contributed by atoms with van der Waals surface area (Å²) in [6.07, 6.45) is 4.94. The maximum atomic E-state index is 10.0. The van der Waals surface area contributed by atoms with E-state index in [1.54, 1.807) is 4.99 Å². The number of halogens is 1. The highest BCUT2D eigenvalue weighted by molar-refractivity contribution is 9.11. The van der Waals surface area contributed by atoms with Crippen LogP contribution in [-0.4, -0.2) is 11.1 Å². The number of hydrogen-bond acceptors (Lipinski definition) is 1. The first-order valence-electron chi connectivity index (χ1n) is 3.24. The summed E-state index contributed by atoms with van der Waals surface area (Å²) < 4.78 is 0. The smallest absolute Gasteiger partial charge is 0.303 e. The van der Waals surface area contributed by atoms with Crippen LogP contribution in [0.15, 0.2) is 11.1 Å². The zero-order valence-corrected chi connectivity index (χ0v) is 7.30. The number of carbonyl (C=O) groups is 1. The van der Waals surface area contributed by atoms with E-state index in [-0.39, 0.29) is 6.42 Å². The third-order valence-corrected chi connectivity index (χ3v) is 1.47. The third kappa shape index (κ3) is 7.69. The first-order chi connectivity index (χ1) is 4.77. The van der Waals surface area contributed by atoms with Crippen LogP contribution in [-0.2, 0) is 4.79 Å². The topological polar surface area (TPSA) is 37.3 Å². The highest BCUT2D eigenvalue weighted by Crippen LogP contribution is 2.01. The van der Waals surface area contributed by atoms with Crippen LogP contribution in [0.3, 0.4) is 0 Å². The fraction of sp³-hybridized carbons (Fsp3) is 0.571. The lowest BCUT2D eigenvalue weighted by molar-refractivity contribution is -0.137. The maximum absolute atomic E-state index is 10.0. The molecule has 0 rings (SSSR count). The first kappa shape index (κ1) is 9.69. The summed E-state index contributed by atoms with van der Waals surface area (Å²) >= 11 is 3.13. The van der Waals surface area contributed by atoms with Crippen molar-refractivity contribution in [2.75, 3.05) is 0 Å². The van der Waals surface area contributed by atoms with Crippen LogP contribution in [0.2, 0.25) is 0 Å². The summed E-state index contributed by atoms with van der Waals surface area (Å²) in [7, 11) is 0. The van der Waals surface area contributed by atoms with E-state index in [1.807, 2.05) is 6.08 Å². The van der Waals surface area contributed by atoms with Crippen LogP contribution in [0.5, 0.6) is 0 Å². The number of allylic oxidation sites excluding steroid dienone is 1. The number of rotatable bonds is 5. The molecular weight excluding hydrogens is 196 g/mol. The SMILES string of the molecule is O=C(O)CCCC/C=C/Br. The Balaban J connectivity index is 2.98. The van der Waals surface area contributed by atoms with Gasteiger partial charge in [0.25, 0.3) is 0 Å². The van der Waals surface area contributed by atoms with Gasteiger partial charge in [0.15, 0.2) is 0 Å². The molecular formula is C7H11BrO2. The summed E-state index contributed by atoms with van der Waals surface area (Å²) in [4.78, 5) is 11.8. The van der Waals surface area contributed by atoms with Crippen molar-refractivity contribution in [2.24, 2.45) is 0 Å². The molecule has 0 bridgehead atoms. The van der Waals surface area contributed by atoms with Gasteiger partial charge >= 0.3 is 5.97 Å². The van der Waals surface area contributed by atoms with Gasteiger partial charge in [-0.2, -0.15) is 0 Å². The molecule has 0 aliphatic heterocycles. The summed E-state index contributed by atoms with van der Waals surface area (Å²) in [5.41, 5.74) is 0. The molecule has 10 heavy (non-hydrogen) atoms. The van der Waals surface area contributed by atoms with E-state index in [2.05, 4.69) is 15.9 Å². The summed E-state index contributed by atoms with van der Waals surface area (Å²) in [6, 6.07) is 0. The van der Waals surface area contributed by atoms with Gasteiger partial charge < -0.3 is 5.11 Å². The van der Waals surface area contributed by atoms with Gasteiger partial charge in [0.2, 0.25) is 0 Å². The van der Waals surface area contributed by atoms with E-state index < -0.39 is 5.97 Å².